The van der Waals surface area contributed by atoms with Gasteiger partial charge in [-0.05, 0) is 19.1 Å². The summed E-state index contributed by atoms with van der Waals surface area (Å²) in [7, 11) is 2.07. The van der Waals surface area contributed by atoms with Gasteiger partial charge in [0.2, 0.25) is 0 Å². The van der Waals surface area contributed by atoms with Gasteiger partial charge in [0.15, 0.2) is 0 Å². The third-order valence-corrected chi connectivity index (χ3v) is 2.62. The number of fused-ring (bicyclic) bond motifs is 1. The summed E-state index contributed by atoms with van der Waals surface area (Å²) in [4.78, 5) is 2.19. The number of hydrogen-bond donors (Lipinski definition) is 1. The SMILES string of the molecule is CC1CN(C)c2c(Cl)cccc2N1. The van der Waals surface area contributed by atoms with Crippen LogP contribution in [0.3, 0.4) is 0 Å². The van der Waals surface area contributed by atoms with Gasteiger partial charge in [-0.25, -0.2) is 0 Å². The molecule has 0 spiro atoms. The monoisotopic (exact) mass is 196 g/mol. The molecule has 0 bridgehead atoms. The molecule has 1 aromatic rings. The van der Waals surface area contributed by atoms with Crippen molar-refractivity contribution in [2.24, 2.45) is 0 Å². The number of anilines is 2. The van der Waals surface area contributed by atoms with E-state index in [9.17, 15) is 0 Å². The maximum absolute atomic E-state index is 6.10. The van der Waals surface area contributed by atoms with E-state index in [0.29, 0.717) is 6.04 Å². The van der Waals surface area contributed by atoms with Gasteiger partial charge in [0.1, 0.15) is 0 Å². The second-order valence-corrected chi connectivity index (χ2v) is 3.97. The molecule has 1 aliphatic rings. The van der Waals surface area contributed by atoms with Crippen LogP contribution in [0.25, 0.3) is 0 Å². The molecule has 1 aliphatic heterocycles. The summed E-state index contributed by atoms with van der Waals surface area (Å²) in [6.45, 7) is 3.16. The van der Waals surface area contributed by atoms with Gasteiger partial charge in [-0.3, -0.25) is 0 Å². The van der Waals surface area contributed by atoms with Crippen LogP contribution in [0, 0.1) is 0 Å². The minimum atomic E-state index is 0.482. The number of likely N-dealkylation sites (N-methyl/N-ethyl adjacent to an activating group) is 1. The van der Waals surface area contributed by atoms with Gasteiger partial charge < -0.3 is 10.2 Å². The fourth-order valence-corrected chi connectivity index (χ4v) is 2.15. The molecule has 1 unspecified atom stereocenters. The van der Waals surface area contributed by atoms with Crippen LogP contribution < -0.4 is 10.2 Å². The molecule has 0 saturated heterocycles. The predicted octanol–water partition coefficient (Wildman–Crippen LogP) is 2.59. The molecule has 13 heavy (non-hydrogen) atoms. The Balaban J connectivity index is 2.49. The second kappa shape index (κ2) is 3.11. The fraction of sp³-hybridized carbons (Fsp3) is 0.400. The standard InChI is InChI=1S/C10H13ClN2/c1-7-6-13(2)10-8(11)4-3-5-9(10)12-7/h3-5,7,12H,6H2,1-2H3. The molecule has 1 heterocycles. The van der Waals surface area contributed by atoms with Gasteiger partial charge in [0.25, 0.3) is 0 Å². The molecule has 0 saturated carbocycles. The summed E-state index contributed by atoms with van der Waals surface area (Å²) < 4.78 is 0. The van der Waals surface area contributed by atoms with Crippen molar-refractivity contribution < 1.29 is 0 Å². The zero-order valence-corrected chi connectivity index (χ0v) is 8.60. The highest BCUT2D eigenvalue weighted by molar-refractivity contribution is 6.34. The molecule has 1 atom stereocenters. The van der Waals surface area contributed by atoms with Gasteiger partial charge in [-0.1, -0.05) is 17.7 Å². The van der Waals surface area contributed by atoms with Crippen LogP contribution in [0.5, 0.6) is 0 Å². The zero-order chi connectivity index (χ0) is 9.42. The summed E-state index contributed by atoms with van der Waals surface area (Å²) in [5.41, 5.74) is 2.25. The van der Waals surface area contributed by atoms with E-state index in [4.69, 9.17) is 11.6 Å². The van der Waals surface area contributed by atoms with E-state index in [1.54, 1.807) is 0 Å². The van der Waals surface area contributed by atoms with Crippen LogP contribution in [0.4, 0.5) is 11.4 Å². The Morgan fingerprint density at radius 1 is 1.54 bits per heavy atom. The fourth-order valence-electron chi connectivity index (χ4n) is 1.83. The number of hydrogen-bond acceptors (Lipinski definition) is 2. The molecule has 0 amide bonds. The van der Waals surface area contributed by atoms with Crippen molar-refractivity contribution in [2.45, 2.75) is 13.0 Å². The average Bonchev–Trinajstić information content (AvgIpc) is 2.02. The van der Waals surface area contributed by atoms with E-state index in [-0.39, 0.29) is 0 Å². The van der Waals surface area contributed by atoms with Gasteiger partial charge in [-0.2, -0.15) is 0 Å². The molecule has 0 fully saturated rings. The maximum atomic E-state index is 6.10. The van der Waals surface area contributed by atoms with Gasteiger partial charge in [0, 0.05) is 19.6 Å². The Morgan fingerprint density at radius 2 is 2.31 bits per heavy atom. The van der Waals surface area contributed by atoms with Gasteiger partial charge >= 0.3 is 0 Å². The van der Waals surface area contributed by atoms with Crippen LogP contribution in [-0.2, 0) is 0 Å². The molecule has 1 aromatic carbocycles. The Kier molecular flexibility index (Phi) is 2.08. The number of para-hydroxylation sites is 1. The molecule has 70 valence electrons. The number of benzene rings is 1. The minimum absolute atomic E-state index is 0.482. The normalized spacial score (nSPS) is 20.8. The molecular formula is C10H13ClN2. The van der Waals surface area contributed by atoms with E-state index in [1.165, 1.54) is 0 Å². The third-order valence-electron chi connectivity index (χ3n) is 2.32. The van der Waals surface area contributed by atoms with Gasteiger partial charge in [-0.15, -0.1) is 0 Å². The Hall–Kier alpha value is -0.890. The average molecular weight is 197 g/mol. The molecule has 2 nitrogen and oxygen atoms in total. The van der Waals surface area contributed by atoms with Crippen LogP contribution in [-0.4, -0.2) is 19.6 Å². The molecule has 3 heteroatoms. The van der Waals surface area contributed by atoms with Crippen molar-refractivity contribution in [1.29, 1.82) is 0 Å². The van der Waals surface area contributed by atoms with Crippen LogP contribution in [0.15, 0.2) is 18.2 Å². The number of halogens is 1. The largest absolute Gasteiger partial charge is 0.379 e. The van der Waals surface area contributed by atoms with Crippen molar-refractivity contribution in [3.05, 3.63) is 23.2 Å². The lowest BCUT2D eigenvalue weighted by atomic mass is 10.1. The predicted molar refractivity (Wildman–Crippen MR) is 57.8 cm³/mol. The second-order valence-electron chi connectivity index (χ2n) is 3.56. The van der Waals surface area contributed by atoms with E-state index in [2.05, 4.69) is 30.3 Å². The van der Waals surface area contributed by atoms with Crippen molar-refractivity contribution in [1.82, 2.24) is 0 Å². The maximum Gasteiger partial charge on any atom is 0.0789 e. The highest BCUT2D eigenvalue weighted by Gasteiger charge is 2.19. The Bertz CT molecular complexity index is 325. The summed E-state index contributed by atoms with van der Waals surface area (Å²) in [5.74, 6) is 0. The Morgan fingerprint density at radius 3 is 3.08 bits per heavy atom. The van der Waals surface area contributed by atoms with Crippen LogP contribution in [0.2, 0.25) is 5.02 Å². The Labute approximate surface area is 83.5 Å². The van der Waals surface area contributed by atoms with E-state index >= 15 is 0 Å². The van der Waals surface area contributed by atoms with Crippen LogP contribution in [0.1, 0.15) is 6.92 Å². The third kappa shape index (κ3) is 1.46. The van der Waals surface area contributed by atoms with Gasteiger partial charge in [0.05, 0.1) is 16.4 Å². The van der Waals surface area contributed by atoms with E-state index in [1.807, 2.05) is 12.1 Å². The van der Waals surface area contributed by atoms with Crippen molar-refractivity contribution in [3.8, 4) is 0 Å². The quantitative estimate of drug-likeness (QED) is 0.686. The molecule has 0 aromatic heterocycles. The van der Waals surface area contributed by atoms with Crippen molar-refractivity contribution in [2.75, 3.05) is 23.8 Å². The highest BCUT2D eigenvalue weighted by Crippen LogP contribution is 2.36. The summed E-state index contributed by atoms with van der Waals surface area (Å²) in [5, 5.41) is 4.22. The first-order valence-electron chi connectivity index (χ1n) is 4.44. The lowest BCUT2D eigenvalue weighted by Crippen LogP contribution is -2.37. The number of nitrogens with one attached hydrogen (secondary N) is 1. The van der Waals surface area contributed by atoms with E-state index in [0.717, 1.165) is 22.9 Å². The zero-order valence-electron chi connectivity index (χ0n) is 7.84. The summed E-state index contributed by atoms with van der Waals surface area (Å²) in [6, 6.07) is 6.44. The first-order valence-corrected chi connectivity index (χ1v) is 4.82. The lowest BCUT2D eigenvalue weighted by molar-refractivity contribution is 0.738. The molecule has 0 radical (unpaired) electrons. The molecular weight excluding hydrogens is 184 g/mol. The first kappa shape index (κ1) is 8.70. The van der Waals surface area contributed by atoms with E-state index < -0.39 is 0 Å². The number of nitrogens with zero attached hydrogens (tertiary/aromatic N) is 1. The molecule has 0 aliphatic carbocycles. The molecule has 2 rings (SSSR count). The lowest BCUT2D eigenvalue weighted by Gasteiger charge is -2.33. The van der Waals surface area contributed by atoms with Crippen LogP contribution >= 0.6 is 11.6 Å². The molecule has 1 N–H and O–H groups in total. The number of rotatable bonds is 0. The highest BCUT2D eigenvalue weighted by atomic mass is 35.5. The first-order chi connectivity index (χ1) is 6.18. The van der Waals surface area contributed by atoms with Crippen molar-refractivity contribution in [3.63, 3.8) is 0 Å². The minimum Gasteiger partial charge on any atom is -0.379 e. The van der Waals surface area contributed by atoms with Crippen molar-refractivity contribution >= 4 is 23.0 Å². The topological polar surface area (TPSA) is 15.3 Å². The smallest absolute Gasteiger partial charge is 0.0789 e. The summed E-state index contributed by atoms with van der Waals surface area (Å²) in [6.07, 6.45) is 0. The summed E-state index contributed by atoms with van der Waals surface area (Å²) >= 11 is 6.10.